The van der Waals surface area contributed by atoms with Crippen molar-refractivity contribution in [2.75, 3.05) is 5.32 Å². The summed E-state index contributed by atoms with van der Waals surface area (Å²) >= 11 is 0. The van der Waals surface area contributed by atoms with Crippen molar-refractivity contribution in [3.8, 4) is 11.8 Å². The van der Waals surface area contributed by atoms with E-state index < -0.39 is 17.9 Å². The maximum absolute atomic E-state index is 12.8. The number of hydrogen-bond donors (Lipinski definition) is 4. The van der Waals surface area contributed by atoms with Gasteiger partial charge in [0.2, 0.25) is 0 Å². The summed E-state index contributed by atoms with van der Waals surface area (Å²) in [5.74, 6) is 4.78. The van der Waals surface area contributed by atoms with E-state index in [1.807, 2.05) is 33.8 Å². The number of H-pyrrole nitrogens is 1. The van der Waals surface area contributed by atoms with E-state index in [1.54, 1.807) is 24.7 Å². The number of nitrogens with zero attached hydrogens (tertiary/aromatic N) is 1. The zero-order valence-electron chi connectivity index (χ0n) is 18.0. The predicted octanol–water partition coefficient (Wildman–Crippen LogP) is 3.79. The first kappa shape index (κ1) is 23.0. The average molecular weight is 411 g/mol. The van der Waals surface area contributed by atoms with Crippen LogP contribution in [0.4, 0.5) is 5.69 Å². The summed E-state index contributed by atoms with van der Waals surface area (Å²) in [5, 5.41) is 15.3. The highest BCUT2D eigenvalue weighted by Crippen LogP contribution is 2.18. The van der Waals surface area contributed by atoms with Crippen LogP contribution in [-0.4, -0.2) is 33.0 Å². The fourth-order valence-corrected chi connectivity index (χ4v) is 2.69. The monoisotopic (exact) mass is 410 g/mol. The first-order valence-electron chi connectivity index (χ1n) is 10.1. The first-order valence-corrected chi connectivity index (χ1v) is 10.1. The average Bonchev–Trinajstić information content (AvgIpc) is 3.20. The highest BCUT2D eigenvalue weighted by molar-refractivity contribution is 5.99. The molecule has 0 fully saturated rings. The van der Waals surface area contributed by atoms with Crippen molar-refractivity contribution in [3.63, 3.8) is 0 Å². The molecule has 0 bridgehead atoms. The van der Waals surface area contributed by atoms with Gasteiger partial charge in [-0.3, -0.25) is 4.79 Å². The third-order valence-electron chi connectivity index (χ3n) is 4.32. The van der Waals surface area contributed by atoms with E-state index in [9.17, 15) is 14.7 Å². The lowest BCUT2D eigenvalue weighted by Gasteiger charge is -2.16. The Hall–Kier alpha value is -3.27. The molecule has 1 aromatic heterocycles. The summed E-state index contributed by atoms with van der Waals surface area (Å²) in [7, 11) is 0. The number of rotatable bonds is 9. The summed E-state index contributed by atoms with van der Waals surface area (Å²) in [6.07, 6.45) is 5.33. The minimum absolute atomic E-state index is 0.238. The van der Waals surface area contributed by atoms with Gasteiger partial charge in [0, 0.05) is 22.9 Å². The van der Waals surface area contributed by atoms with Crippen LogP contribution < -0.4 is 10.6 Å². The molecule has 160 valence electrons. The van der Waals surface area contributed by atoms with Gasteiger partial charge in [-0.25, -0.2) is 9.78 Å². The van der Waals surface area contributed by atoms with Crippen LogP contribution in [0.25, 0.3) is 0 Å². The van der Waals surface area contributed by atoms with Crippen LogP contribution >= 0.6 is 0 Å². The maximum Gasteiger partial charge on any atom is 0.326 e. The highest BCUT2D eigenvalue weighted by Gasteiger charge is 2.21. The van der Waals surface area contributed by atoms with E-state index in [0.29, 0.717) is 24.1 Å². The number of benzene rings is 1. The Morgan fingerprint density at radius 3 is 2.67 bits per heavy atom. The number of unbranched alkanes of at least 4 members (excludes halogenated alkanes) is 1. The molecule has 30 heavy (non-hydrogen) atoms. The fraction of sp³-hybridized carbons (Fsp3) is 0.435. The Balaban J connectivity index is 2.27. The molecule has 1 heterocycles. The molecule has 0 spiro atoms. The van der Waals surface area contributed by atoms with E-state index in [4.69, 9.17) is 0 Å². The van der Waals surface area contributed by atoms with Gasteiger partial charge in [0.1, 0.15) is 6.04 Å². The Bertz CT molecular complexity index is 918. The third-order valence-corrected chi connectivity index (χ3v) is 4.32. The number of aliphatic carboxylic acids is 1. The quantitative estimate of drug-likeness (QED) is 0.471. The van der Waals surface area contributed by atoms with Crippen molar-refractivity contribution >= 4 is 17.6 Å². The fourth-order valence-electron chi connectivity index (χ4n) is 2.69. The molecule has 0 aliphatic heterocycles. The number of amides is 1. The molecule has 1 amide bonds. The van der Waals surface area contributed by atoms with Gasteiger partial charge in [0.15, 0.2) is 0 Å². The summed E-state index contributed by atoms with van der Waals surface area (Å²) in [6.45, 7) is 8.51. The second-order valence-electron chi connectivity index (χ2n) is 8.20. The molecule has 0 aliphatic carbocycles. The smallest absolute Gasteiger partial charge is 0.326 e. The van der Waals surface area contributed by atoms with Crippen LogP contribution in [0, 0.1) is 17.3 Å². The van der Waals surface area contributed by atoms with E-state index in [1.165, 1.54) is 0 Å². The molecule has 4 N–H and O–H groups in total. The molecular weight excluding hydrogens is 380 g/mol. The largest absolute Gasteiger partial charge is 0.480 e. The van der Waals surface area contributed by atoms with Crippen LogP contribution in [0.3, 0.4) is 0 Å². The van der Waals surface area contributed by atoms with Gasteiger partial charge < -0.3 is 20.7 Å². The molecule has 0 unspecified atom stereocenters. The molecule has 2 aromatic rings. The van der Waals surface area contributed by atoms with Crippen LogP contribution in [-0.2, 0) is 11.3 Å². The van der Waals surface area contributed by atoms with Crippen LogP contribution in [0.15, 0.2) is 30.7 Å². The zero-order valence-corrected chi connectivity index (χ0v) is 18.0. The summed E-state index contributed by atoms with van der Waals surface area (Å²) < 4.78 is 0. The second kappa shape index (κ2) is 10.5. The normalized spacial score (nSPS) is 11.9. The molecular formula is C23H30N4O3. The lowest BCUT2D eigenvalue weighted by molar-refractivity contribution is -0.139. The molecule has 0 aliphatic rings. The van der Waals surface area contributed by atoms with Crippen molar-refractivity contribution in [1.82, 2.24) is 15.3 Å². The van der Waals surface area contributed by atoms with Gasteiger partial charge in [-0.2, -0.15) is 0 Å². The van der Waals surface area contributed by atoms with Crippen molar-refractivity contribution in [1.29, 1.82) is 0 Å². The maximum atomic E-state index is 12.8. The van der Waals surface area contributed by atoms with Gasteiger partial charge >= 0.3 is 5.97 Å². The van der Waals surface area contributed by atoms with E-state index >= 15 is 0 Å². The summed E-state index contributed by atoms with van der Waals surface area (Å²) in [4.78, 5) is 31.4. The van der Waals surface area contributed by atoms with Gasteiger partial charge in [0.05, 0.1) is 24.1 Å². The number of aromatic amines is 1. The zero-order chi connectivity index (χ0) is 22.1. The number of hydrogen-bond acceptors (Lipinski definition) is 4. The standard InChI is InChI=1S/C23H30N4O3/c1-5-6-7-20(22(29)30)27-21(28)19-9-8-17(25-14-18-13-24-15-26-18)12-16(19)10-11-23(2,3)4/h8-9,12-13,15,20,25H,5-7,14H2,1-4H3,(H,24,26)(H,27,28)(H,29,30)/t20-/m0/s1. The Morgan fingerprint density at radius 2 is 2.07 bits per heavy atom. The number of carboxylic acid groups (broad SMARTS) is 1. The lowest BCUT2D eigenvalue weighted by atomic mass is 9.96. The molecule has 0 saturated carbocycles. The molecule has 2 rings (SSSR count). The van der Waals surface area contributed by atoms with E-state index in [2.05, 4.69) is 32.4 Å². The Morgan fingerprint density at radius 1 is 1.30 bits per heavy atom. The van der Waals surface area contributed by atoms with E-state index in [-0.39, 0.29) is 5.41 Å². The second-order valence-corrected chi connectivity index (χ2v) is 8.20. The van der Waals surface area contributed by atoms with Crippen molar-refractivity contribution in [2.45, 2.75) is 59.5 Å². The van der Waals surface area contributed by atoms with Crippen molar-refractivity contribution in [2.24, 2.45) is 5.41 Å². The number of carboxylic acids is 1. The number of imidazole rings is 1. The number of carbonyl (C=O) groups is 2. The minimum Gasteiger partial charge on any atom is -0.480 e. The molecule has 7 nitrogen and oxygen atoms in total. The number of aromatic nitrogens is 2. The SMILES string of the molecule is CCCC[C@H](NC(=O)c1ccc(NCc2cnc[nH]2)cc1C#CC(C)(C)C)C(=O)O. The molecule has 1 atom stereocenters. The van der Waals surface area contributed by atoms with Crippen molar-refractivity contribution in [3.05, 3.63) is 47.5 Å². The van der Waals surface area contributed by atoms with Gasteiger partial charge in [0.25, 0.3) is 5.91 Å². The summed E-state index contributed by atoms with van der Waals surface area (Å²) in [5.41, 5.74) is 2.41. The van der Waals surface area contributed by atoms with Gasteiger partial charge in [-0.1, -0.05) is 31.6 Å². The third kappa shape index (κ3) is 7.28. The summed E-state index contributed by atoms with van der Waals surface area (Å²) in [6, 6.07) is 4.36. The molecule has 7 heteroatoms. The molecule has 0 radical (unpaired) electrons. The van der Waals surface area contributed by atoms with Crippen LogP contribution in [0.2, 0.25) is 0 Å². The number of nitrogens with one attached hydrogen (secondary N) is 3. The minimum atomic E-state index is -1.03. The van der Waals surface area contributed by atoms with Crippen LogP contribution in [0.5, 0.6) is 0 Å². The highest BCUT2D eigenvalue weighted by atomic mass is 16.4. The van der Waals surface area contributed by atoms with Gasteiger partial charge in [-0.05, 0) is 45.4 Å². The predicted molar refractivity (Wildman–Crippen MR) is 117 cm³/mol. The van der Waals surface area contributed by atoms with Crippen molar-refractivity contribution < 1.29 is 14.7 Å². The van der Waals surface area contributed by atoms with E-state index in [0.717, 1.165) is 24.2 Å². The topological polar surface area (TPSA) is 107 Å². The molecule has 0 saturated heterocycles. The molecule has 1 aromatic carbocycles. The lowest BCUT2D eigenvalue weighted by Crippen LogP contribution is -2.41. The Labute approximate surface area is 177 Å². The van der Waals surface area contributed by atoms with Gasteiger partial charge in [-0.15, -0.1) is 0 Å². The number of carbonyl (C=O) groups excluding carboxylic acids is 1. The van der Waals surface area contributed by atoms with Crippen LogP contribution in [0.1, 0.15) is 68.6 Å². The first-order chi connectivity index (χ1) is 14.2. The number of anilines is 1. The Kier molecular flexibility index (Phi) is 8.05.